The van der Waals surface area contributed by atoms with Crippen molar-refractivity contribution >= 4 is 12.0 Å². The normalized spacial score (nSPS) is 17.3. The zero-order chi connectivity index (χ0) is 17.5. The van der Waals surface area contributed by atoms with Crippen LogP contribution in [0, 0.1) is 5.82 Å². The van der Waals surface area contributed by atoms with E-state index in [0.29, 0.717) is 12.3 Å². The summed E-state index contributed by atoms with van der Waals surface area (Å²) in [6.45, 7) is 4.03. The zero-order valence-electron chi connectivity index (χ0n) is 14.0. The second-order valence-corrected chi connectivity index (χ2v) is 5.79. The maximum absolute atomic E-state index is 14.1. The third-order valence-electron chi connectivity index (χ3n) is 3.94. The number of benzene rings is 1. The van der Waals surface area contributed by atoms with Gasteiger partial charge in [-0.2, -0.15) is 0 Å². The summed E-state index contributed by atoms with van der Waals surface area (Å²) in [4.78, 5) is 24.2. The molecule has 1 heterocycles. The van der Waals surface area contributed by atoms with Crippen LogP contribution in [0.15, 0.2) is 35.5 Å². The van der Waals surface area contributed by atoms with Gasteiger partial charge in [0.05, 0.1) is 18.2 Å². The summed E-state index contributed by atoms with van der Waals surface area (Å²) >= 11 is 0. The fraction of sp³-hybridized carbons (Fsp3) is 0.444. The Balaban J connectivity index is 2.17. The molecule has 0 saturated carbocycles. The van der Waals surface area contributed by atoms with E-state index in [0.717, 1.165) is 25.7 Å². The van der Waals surface area contributed by atoms with Crippen LogP contribution in [-0.2, 0) is 9.53 Å². The Morgan fingerprint density at radius 1 is 1.25 bits per heavy atom. The Kier molecular flexibility index (Phi) is 6.35. The van der Waals surface area contributed by atoms with E-state index in [2.05, 4.69) is 17.6 Å². The van der Waals surface area contributed by atoms with Crippen LogP contribution in [0.25, 0.3) is 0 Å². The topological polar surface area (TPSA) is 67.4 Å². The Bertz CT molecular complexity index is 643. The molecule has 0 saturated heterocycles. The van der Waals surface area contributed by atoms with E-state index < -0.39 is 23.9 Å². The molecule has 5 nitrogen and oxygen atoms in total. The predicted molar refractivity (Wildman–Crippen MR) is 88.6 cm³/mol. The first-order valence-corrected chi connectivity index (χ1v) is 8.24. The quantitative estimate of drug-likeness (QED) is 0.592. The van der Waals surface area contributed by atoms with Crippen LogP contribution in [0.4, 0.5) is 9.18 Å². The molecule has 1 atom stereocenters. The molecule has 24 heavy (non-hydrogen) atoms. The molecule has 1 unspecified atom stereocenters. The summed E-state index contributed by atoms with van der Waals surface area (Å²) < 4.78 is 19.4. The van der Waals surface area contributed by atoms with Crippen molar-refractivity contribution in [1.82, 2.24) is 10.6 Å². The van der Waals surface area contributed by atoms with Gasteiger partial charge in [-0.15, -0.1) is 0 Å². The van der Waals surface area contributed by atoms with Gasteiger partial charge in [0.15, 0.2) is 0 Å². The van der Waals surface area contributed by atoms with Gasteiger partial charge in [0.25, 0.3) is 0 Å². The molecule has 0 aromatic heterocycles. The van der Waals surface area contributed by atoms with Crippen LogP contribution in [0.2, 0.25) is 0 Å². The van der Waals surface area contributed by atoms with Gasteiger partial charge in [0, 0.05) is 11.3 Å². The number of unbranched alkanes of at least 4 members (excludes halogenated alkanes) is 3. The van der Waals surface area contributed by atoms with Crippen LogP contribution in [-0.4, -0.2) is 18.6 Å². The molecule has 1 aromatic rings. The summed E-state index contributed by atoms with van der Waals surface area (Å²) in [5.41, 5.74) is 0.852. The molecular formula is C18H23FN2O3. The number of carbonyl (C=O) groups is 2. The highest BCUT2D eigenvalue weighted by atomic mass is 19.1. The van der Waals surface area contributed by atoms with Crippen LogP contribution in [0.3, 0.4) is 0 Å². The third-order valence-corrected chi connectivity index (χ3v) is 3.94. The Morgan fingerprint density at radius 3 is 2.71 bits per heavy atom. The van der Waals surface area contributed by atoms with Gasteiger partial charge in [-0.1, -0.05) is 44.4 Å². The average Bonchev–Trinajstić information content (AvgIpc) is 2.54. The summed E-state index contributed by atoms with van der Waals surface area (Å²) in [7, 11) is 0. The minimum Gasteiger partial charge on any atom is -0.462 e. The highest BCUT2D eigenvalue weighted by Crippen LogP contribution is 2.29. The summed E-state index contributed by atoms with van der Waals surface area (Å²) in [5.74, 6) is -1.02. The molecule has 2 amide bonds. The number of ether oxygens (including phenoxy) is 1. The zero-order valence-corrected chi connectivity index (χ0v) is 14.0. The SMILES string of the molecule is CCCCCCOC(=O)C1=C(C)NC(=O)NC1c1ccccc1F. The van der Waals surface area contributed by atoms with Crippen molar-refractivity contribution in [3.63, 3.8) is 0 Å². The summed E-state index contributed by atoms with van der Waals surface area (Å²) in [5, 5.41) is 5.14. The molecule has 130 valence electrons. The number of allylic oxidation sites excluding steroid dienone is 1. The molecule has 6 heteroatoms. The van der Waals surface area contributed by atoms with E-state index in [1.54, 1.807) is 25.1 Å². The van der Waals surface area contributed by atoms with E-state index in [1.807, 2.05) is 0 Å². The maximum Gasteiger partial charge on any atom is 0.338 e. The fourth-order valence-corrected chi connectivity index (χ4v) is 2.68. The molecule has 2 N–H and O–H groups in total. The number of amides is 2. The lowest BCUT2D eigenvalue weighted by atomic mass is 9.95. The number of urea groups is 1. The first-order valence-electron chi connectivity index (χ1n) is 8.24. The molecule has 1 aromatic carbocycles. The average molecular weight is 334 g/mol. The minimum atomic E-state index is -0.858. The smallest absolute Gasteiger partial charge is 0.338 e. The summed E-state index contributed by atoms with van der Waals surface area (Å²) in [6, 6.07) is 4.74. The highest BCUT2D eigenvalue weighted by molar-refractivity contribution is 5.95. The largest absolute Gasteiger partial charge is 0.462 e. The van der Waals surface area contributed by atoms with Gasteiger partial charge in [0.1, 0.15) is 5.82 Å². The van der Waals surface area contributed by atoms with Crippen LogP contribution < -0.4 is 10.6 Å². The molecule has 0 aliphatic carbocycles. The van der Waals surface area contributed by atoms with E-state index in [1.165, 1.54) is 6.07 Å². The number of esters is 1. The van der Waals surface area contributed by atoms with Gasteiger partial charge in [-0.25, -0.2) is 14.0 Å². The van der Waals surface area contributed by atoms with Crippen LogP contribution in [0.5, 0.6) is 0 Å². The fourth-order valence-electron chi connectivity index (χ4n) is 2.68. The van der Waals surface area contributed by atoms with Crippen molar-refractivity contribution in [3.05, 3.63) is 46.9 Å². The number of rotatable bonds is 7. The van der Waals surface area contributed by atoms with Crippen molar-refractivity contribution in [3.8, 4) is 0 Å². The number of nitrogens with one attached hydrogen (secondary N) is 2. The lowest BCUT2D eigenvalue weighted by molar-refractivity contribution is -0.139. The van der Waals surface area contributed by atoms with Gasteiger partial charge >= 0.3 is 12.0 Å². The molecule has 2 rings (SSSR count). The van der Waals surface area contributed by atoms with Crippen molar-refractivity contribution in [1.29, 1.82) is 0 Å². The minimum absolute atomic E-state index is 0.232. The molecule has 0 bridgehead atoms. The van der Waals surface area contributed by atoms with Crippen molar-refractivity contribution in [2.45, 2.75) is 45.6 Å². The Labute approximate surface area is 141 Å². The second-order valence-electron chi connectivity index (χ2n) is 5.79. The Hall–Kier alpha value is -2.37. The molecular weight excluding hydrogens is 311 g/mol. The van der Waals surface area contributed by atoms with E-state index >= 15 is 0 Å². The van der Waals surface area contributed by atoms with E-state index in [4.69, 9.17) is 4.74 Å². The van der Waals surface area contributed by atoms with Crippen LogP contribution >= 0.6 is 0 Å². The van der Waals surface area contributed by atoms with Gasteiger partial charge in [0.2, 0.25) is 0 Å². The number of hydrogen-bond acceptors (Lipinski definition) is 3. The lowest BCUT2D eigenvalue weighted by Gasteiger charge is -2.28. The molecule has 1 aliphatic heterocycles. The summed E-state index contributed by atoms with van der Waals surface area (Å²) in [6.07, 6.45) is 3.97. The van der Waals surface area contributed by atoms with Gasteiger partial charge in [-0.3, -0.25) is 0 Å². The number of hydrogen-bond donors (Lipinski definition) is 2. The lowest BCUT2D eigenvalue weighted by Crippen LogP contribution is -2.45. The highest BCUT2D eigenvalue weighted by Gasteiger charge is 2.33. The van der Waals surface area contributed by atoms with Crippen molar-refractivity contribution < 1.29 is 18.7 Å². The Morgan fingerprint density at radius 2 is 2.00 bits per heavy atom. The molecule has 0 radical (unpaired) electrons. The molecule has 0 spiro atoms. The first-order chi connectivity index (χ1) is 11.5. The second kappa shape index (κ2) is 8.47. The monoisotopic (exact) mass is 334 g/mol. The number of halogens is 1. The standard InChI is InChI=1S/C18H23FN2O3/c1-3-4-5-8-11-24-17(22)15-12(2)20-18(23)21-16(15)13-9-6-7-10-14(13)19/h6-7,9-10,16H,3-5,8,11H2,1-2H3,(H2,20,21,23). The molecule has 0 fully saturated rings. The maximum atomic E-state index is 14.1. The van der Waals surface area contributed by atoms with Crippen molar-refractivity contribution in [2.75, 3.05) is 6.61 Å². The molecule has 1 aliphatic rings. The van der Waals surface area contributed by atoms with Gasteiger partial charge in [-0.05, 0) is 19.4 Å². The van der Waals surface area contributed by atoms with Gasteiger partial charge < -0.3 is 15.4 Å². The predicted octanol–water partition coefficient (Wildman–Crippen LogP) is 3.58. The van der Waals surface area contributed by atoms with Crippen LogP contribution in [0.1, 0.15) is 51.1 Å². The van der Waals surface area contributed by atoms with Crippen molar-refractivity contribution in [2.24, 2.45) is 0 Å². The first kappa shape index (κ1) is 18.0. The van der Waals surface area contributed by atoms with E-state index in [9.17, 15) is 14.0 Å². The third kappa shape index (κ3) is 4.34. The number of carbonyl (C=O) groups excluding carboxylic acids is 2. The van der Waals surface area contributed by atoms with E-state index in [-0.39, 0.29) is 11.1 Å².